The lowest BCUT2D eigenvalue weighted by Crippen LogP contribution is -1.73. The van der Waals surface area contributed by atoms with Crippen LogP contribution in [0.15, 0.2) is 72.8 Å². The Balaban J connectivity index is -0.0000000447. The molecule has 35 heavy (non-hydrogen) atoms. The van der Waals surface area contributed by atoms with Gasteiger partial charge in [-0.25, -0.2) is 0 Å². The highest BCUT2D eigenvalue weighted by molar-refractivity contribution is 5.82. The van der Waals surface area contributed by atoms with Crippen molar-refractivity contribution >= 4 is 10.8 Å². The maximum atomic E-state index is 2.20. The van der Waals surface area contributed by atoms with Gasteiger partial charge in [0.25, 0.3) is 0 Å². The molecule has 0 unspecified atom stereocenters. The molecule has 3 aromatic carbocycles. The van der Waals surface area contributed by atoms with Gasteiger partial charge in [-0.2, -0.15) is 0 Å². The Morgan fingerprint density at radius 2 is 0.629 bits per heavy atom. The molecule has 0 amide bonds. The summed E-state index contributed by atoms with van der Waals surface area (Å²) in [7, 11) is 0. The van der Waals surface area contributed by atoms with Crippen molar-refractivity contribution in [3.8, 4) is 0 Å². The molecule has 0 heterocycles. The van der Waals surface area contributed by atoms with Gasteiger partial charge in [-0.1, -0.05) is 202 Å². The summed E-state index contributed by atoms with van der Waals surface area (Å²) >= 11 is 0. The van der Waals surface area contributed by atoms with Gasteiger partial charge >= 0.3 is 0 Å². The molecule has 0 atom stereocenters. The molecule has 0 saturated heterocycles. The molecule has 0 aliphatic carbocycles. The van der Waals surface area contributed by atoms with Gasteiger partial charge in [-0.05, 0) is 24.6 Å². The van der Waals surface area contributed by atoms with Gasteiger partial charge in [0, 0.05) is 0 Å². The summed E-state index contributed by atoms with van der Waals surface area (Å²) in [5, 5.41) is 2.64. The zero-order valence-electron chi connectivity index (χ0n) is 26.9. The van der Waals surface area contributed by atoms with E-state index in [4.69, 9.17) is 0 Å². The third kappa shape index (κ3) is 42.5. The highest BCUT2D eigenvalue weighted by atomic mass is 13.9. The average molecular weight is 491 g/mol. The molecule has 0 N–H and O–H groups in total. The molecule has 0 radical (unpaired) electrons. The van der Waals surface area contributed by atoms with Crippen LogP contribution in [-0.2, 0) is 0 Å². The fourth-order valence-corrected chi connectivity index (χ4v) is 1.84. The van der Waals surface area contributed by atoms with Crippen LogP contribution in [0, 0.1) is 13.8 Å². The molecular weight excluding hydrogens is 420 g/mol. The fourth-order valence-electron chi connectivity index (χ4n) is 1.84. The molecule has 3 aromatic rings. The van der Waals surface area contributed by atoms with Crippen molar-refractivity contribution < 1.29 is 0 Å². The van der Waals surface area contributed by atoms with Crippen LogP contribution >= 0.6 is 0 Å². The van der Waals surface area contributed by atoms with E-state index in [1.165, 1.54) is 21.9 Å². The topological polar surface area (TPSA) is 0 Å². The molecule has 0 aromatic heterocycles. The van der Waals surface area contributed by atoms with Crippen LogP contribution in [-0.4, -0.2) is 0 Å². The second-order valence-corrected chi connectivity index (χ2v) is 4.51. The van der Waals surface area contributed by atoms with Gasteiger partial charge in [0.15, 0.2) is 0 Å². The molecule has 0 spiro atoms. The predicted molar refractivity (Wildman–Crippen MR) is 177 cm³/mol. The van der Waals surface area contributed by atoms with Gasteiger partial charge in [-0.15, -0.1) is 0 Å². The number of hydrogen-bond donors (Lipinski definition) is 0. The van der Waals surface area contributed by atoms with E-state index in [1.54, 1.807) is 0 Å². The fraction of sp³-hybridized carbons (Fsp3) is 0.543. The molecular formula is C35H70. The molecule has 0 fully saturated rings. The molecule has 0 heteroatoms. The van der Waals surface area contributed by atoms with Crippen LogP contribution in [0.1, 0.15) is 129 Å². The van der Waals surface area contributed by atoms with Crippen molar-refractivity contribution in [3.05, 3.63) is 83.9 Å². The number of hydrogen-bond acceptors (Lipinski definition) is 0. The molecule has 3 rings (SSSR count). The smallest absolute Gasteiger partial charge is 0.0181 e. The normalized spacial score (nSPS) is 6.34. The Morgan fingerprint density at radius 1 is 0.314 bits per heavy atom. The van der Waals surface area contributed by atoms with Crippen LogP contribution in [0.25, 0.3) is 10.8 Å². The quantitative estimate of drug-likeness (QED) is 0.294. The minimum Gasteiger partial charge on any atom is -0.0776 e. The Hall–Kier alpha value is -2.08. The lowest BCUT2D eigenvalue weighted by Gasteiger charge is -1.96. The highest BCUT2D eigenvalue weighted by Crippen LogP contribution is 2.14. The third-order valence-electron chi connectivity index (χ3n) is 2.85. The average Bonchev–Trinajstić information content (AvgIpc) is 2.98. The van der Waals surface area contributed by atoms with E-state index in [-0.39, 0.29) is 7.43 Å². The minimum atomic E-state index is 0. The van der Waals surface area contributed by atoms with Crippen molar-refractivity contribution in [1.82, 2.24) is 0 Å². The van der Waals surface area contributed by atoms with Crippen LogP contribution in [0.4, 0.5) is 0 Å². The summed E-state index contributed by atoms with van der Waals surface area (Å²) in [6.07, 6.45) is 0. The number of aryl methyl sites for hydroxylation is 2. The van der Waals surface area contributed by atoms with Crippen molar-refractivity contribution in [2.45, 2.75) is 132 Å². The molecule has 210 valence electrons. The molecule has 0 nitrogen and oxygen atoms in total. The zero-order chi connectivity index (χ0) is 28.8. The van der Waals surface area contributed by atoms with Crippen LogP contribution in [0.2, 0.25) is 0 Å². The SMILES string of the molecule is C.CC.CC.CC.CC.CC.CC.CC.CC.Cc1ccc2ccccc2c1.Cc1ccccc1. The molecule has 0 saturated carbocycles. The van der Waals surface area contributed by atoms with Crippen LogP contribution < -0.4 is 0 Å². The van der Waals surface area contributed by atoms with Crippen molar-refractivity contribution in [2.24, 2.45) is 0 Å². The van der Waals surface area contributed by atoms with Gasteiger partial charge in [0.05, 0.1) is 0 Å². The highest BCUT2D eigenvalue weighted by Gasteiger charge is 1.89. The van der Waals surface area contributed by atoms with Crippen LogP contribution in [0.5, 0.6) is 0 Å². The first-order chi connectivity index (χ1) is 16.8. The van der Waals surface area contributed by atoms with Gasteiger partial charge in [0.2, 0.25) is 0 Å². The lowest BCUT2D eigenvalue weighted by atomic mass is 10.1. The number of rotatable bonds is 0. The summed E-state index contributed by atoms with van der Waals surface area (Å²) < 4.78 is 0. The first kappa shape index (κ1) is 54.0. The molecule has 0 aliphatic rings. The third-order valence-corrected chi connectivity index (χ3v) is 2.85. The van der Waals surface area contributed by atoms with Crippen molar-refractivity contribution in [2.75, 3.05) is 0 Å². The molecule has 0 aliphatic heterocycles. The van der Waals surface area contributed by atoms with E-state index in [0.717, 1.165) is 0 Å². The van der Waals surface area contributed by atoms with Gasteiger partial charge < -0.3 is 0 Å². The minimum absolute atomic E-state index is 0. The van der Waals surface area contributed by atoms with Crippen molar-refractivity contribution in [1.29, 1.82) is 0 Å². The van der Waals surface area contributed by atoms with Gasteiger partial charge in [-0.3, -0.25) is 0 Å². The van der Waals surface area contributed by atoms with E-state index in [0.29, 0.717) is 0 Å². The Labute approximate surface area is 226 Å². The summed E-state index contributed by atoms with van der Waals surface area (Å²) in [4.78, 5) is 0. The summed E-state index contributed by atoms with van der Waals surface area (Å²) in [6, 6.07) is 25.2. The maximum absolute atomic E-state index is 2.20. The standard InChI is InChI=1S/C11H10.C7H8.8C2H6.CH4/c1-9-6-7-10-4-2-3-5-11(10)8-9;1-7-5-3-2-4-6-7;8*1-2;/h2-8H,1H3;2-6H,1H3;8*1-2H3;1H4. The number of fused-ring (bicyclic) bond motifs is 1. The summed E-state index contributed by atoms with van der Waals surface area (Å²) in [6.45, 7) is 36.2. The van der Waals surface area contributed by atoms with E-state index < -0.39 is 0 Å². The second kappa shape index (κ2) is 63.5. The van der Waals surface area contributed by atoms with Crippen LogP contribution in [0.3, 0.4) is 0 Å². The van der Waals surface area contributed by atoms with E-state index in [1.807, 2.05) is 129 Å². The van der Waals surface area contributed by atoms with E-state index in [9.17, 15) is 0 Å². The summed E-state index contributed by atoms with van der Waals surface area (Å²) in [5.74, 6) is 0. The van der Waals surface area contributed by atoms with Gasteiger partial charge in [0.1, 0.15) is 0 Å². The Morgan fingerprint density at radius 3 is 0.943 bits per heavy atom. The predicted octanol–water partition coefficient (Wildman–Crippen LogP) is 14.0. The lowest BCUT2D eigenvalue weighted by molar-refractivity contribution is 1.48. The monoisotopic (exact) mass is 491 g/mol. The first-order valence-electron chi connectivity index (χ1n) is 14.2. The maximum Gasteiger partial charge on any atom is -0.0181 e. The zero-order valence-corrected chi connectivity index (χ0v) is 26.9. The largest absolute Gasteiger partial charge is 0.0776 e. The summed E-state index contributed by atoms with van der Waals surface area (Å²) in [5.41, 5.74) is 2.64. The second-order valence-electron chi connectivity index (χ2n) is 4.51. The number of benzene rings is 3. The first-order valence-corrected chi connectivity index (χ1v) is 14.2. The van der Waals surface area contributed by atoms with E-state index in [2.05, 4.69) is 68.4 Å². The molecule has 0 bridgehead atoms. The Bertz CT molecular complexity index is 609. The Kier molecular flexibility index (Phi) is 98.0. The van der Waals surface area contributed by atoms with Crippen molar-refractivity contribution in [3.63, 3.8) is 0 Å². The van der Waals surface area contributed by atoms with E-state index >= 15 is 0 Å².